The number of aromatic hydroxyl groups is 2. The smallest absolute Gasteiger partial charge is 0.261 e. The lowest BCUT2D eigenvalue weighted by Crippen LogP contribution is -2.25. The first-order chi connectivity index (χ1) is 10.1. The minimum absolute atomic E-state index is 0.0631. The molecule has 0 heterocycles. The molecule has 0 spiro atoms. The van der Waals surface area contributed by atoms with Crippen LogP contribution >= 0.6 is 0 Å². The maximum atomic E-state index is 11.8. The fraction of sp³-hybridized carbons (Fsp3) is 0.333. The Bertz CT molecular complexity index is 561. The summed E-state index contributed by atoms with van der Waals surface area (Å²) in [6.07, 6.45) is 2.94. The highest BCUT2D eigenvalue weighted by Crippen LogP contribution is 2.25. The molecule has 1 rings (SSSR count). The van der Waals surface area contributed by atoms with Gasteiger partial charge >= 0.3 is 0 Å². The Hall–Kier alpha value is -2.52. The highest BCUT2D eigenvalue weighted by molar-refractivity contribution is 6.01. The van der Waals surface area contributed by atoms with Gasteiger partial charge in [0.25, 0.3) is 5.91 Å². The molecule has 3 N–H and O–H groups in total. The van der Waals surface area contributed by atoms with Gasteiger partial charge in [-0.25, -0.2) is 0 Å². The summed E-state index contributed by atoms with van der Waals surface area (Å²) in [7, 11) is 1.61. The summed E-state index contributed by atoms with van der Waals surface area (Å²) < 4.78 is 4.90. The summed E-state index contributed by atoms with van der Waals surface area (Å²) in [6.45, 7) is 1.09. The number of unbranched alkanes of at least 4 members (excludes halogenated alkanes) is 1. The first kappa shape index (κ1) is 16.5. The Morgan fingerprint density at radius 2 is 2.14 bits per heavy atom. The van der Waals surface area contributed by atoms with Gasteiger partial charge in [0, 0.05) is 20.3 Å². The topological polar surface area (TPSA) is 103 Å². The van der Waals surface area contributed by atoms with Crippen molar-refractivity contribution in [2.45, 2.75) is 12.8 Å². The van der Waals surface area contributed by atoms with Crippen LogP contribution in [0.25, 0.3) is 6.08 Å². The van der Waals surface area contributed by atoms with Crippen molar-refractivity contribution in [2.24, 2.45) is 0 Å². The summed E-state index contributed by atoms with van der Waals surface area (Å²) in [4.78, 5) is 11.8. The number of phenols is 2. The SMILES string of the molecule is COCCCCNC(=O)/C(C#N)=C/c1ccc(O)c(O)c1. The molecule has 0 unspecified atom stereocenters. The molecule has 0 saturated heterocycles. The Balaban J connectivity index is 2.64. The zero-order valence-corrected chi connectivity index (χ0v) is 11.8. The van der Waals surface area contributed by atoms with Crippen molar-refractivity contribution in [1.29, 1.82) is 5.26 Å². The average molecular weight is 290 g/mol. The van der Waals surface area contributed by atoms with E-state index >= 15 is 0 Å². The molecule has 1 aromatic rings. The molecule has 0 fully saturated rings. The summed E-state index contributed by atoms with van der Waals surface area (Å²) in [5.74, 6) is -1.03. The Labute approximate surface area is 123 Å². The number of benzene rings is 1. The molecule has 0 aromatic heterocycles. The number of carbonyl (C=O) groups is 1. The van der Waals surface area contributed by atoms with Crippen LogP contribution in [0.5, 0.6) is 11.5 Å². The standard InChI is InChI=1S/C15H18N2O4/c1-21-7-3-2-6-17-15(20)12(10-16)8-11-4-5-13(18)14(19)9-11/h4-5,8-9,18-19H,2-3,6-7H2,1H3,(H,17,20)/b12-8+. The van der Waals surface area contributed by atoms with Crippen molar-refractivity contribution in [1.82, 2.24) is 5.32 Å². The Morgan fingerprint density at radius 1 is 1.38 bits per heavy atom. The van der Waals surface area contributed by atoms with Crippen LogP contribution in [0.2, 0.25) is 0 Å². The molecule has 0 bridgehead atoms. The first-order valence-electron chi connectivity index (χ1n) is 6.49. The predicted octanol–water partition coefficient (Wildman–Crippen LogP) is 1.55. The number of nitrogens with zero attached hydrogens (tertiary/aromatic N) is 1. The van der Waals surface area contributed by atoms with E-state index in [2.05, 4.69) is 5.32 Å². The number of ether oxygens (including phenoxy) is 1. The third-order valence-electron chi connectivity index (χ3n) is 2.74. The number of rotatable bonds is 7. The molecule has 112 valence electrons. The van der Waals surface area contributed by atoms with E-state index in [1.54, 1.807) is 7.11 Å². The second-order valence-electron chi connectivity index (χ2n) is 4.37. The third-order valence-corrected chi connectivity index (χ3v) is 2.74. The second kappa shape index (κ2) is 8.61. The molecule has 0 aliphatic heterocycles. The van der Waals surface area contributed by atoms with Gasteiger partial charge in [-0.2, -0.15) is 5.26 Å². The van der Waals surface area contributed by atoms with Gasteiger partial charge in [-0.1, -0.05) is 6.07 Å². The zero-order valence-electron chi connectivity index (χ0n) is 11.8. The van der Waals surface area contributed by atoms with Crippen LogP contribution in [-0.4, -0.2) is 36.4 Å². The summed E-state index contributed by atoms with van der Waals surface area (Å²) in [5.41, 5.74) is 0.392. The van der Waals surface area contributed by atoms with Gasteiger partial charge in [-0.3, -0.25) is 4.79 Å². The Morgan fingerprint density at radius 3 is 2.76 bits per heavy atom. The van der Waals surface area contributed by atoms with Crippen LogP contribution in [0.15, 0.2) is 23.8 Å². The lowest BCUT2D eigenvalue weighted by molar-refractivity contribution is -0.117. The van der Waals surface area contributed by atoms with E-state index in [4.69, 9.17) is 10.00 Å². The lowest BCUT2D eigenvalue weighted by Gasteiger charge is -2.04. The third kappa shape index (κ3) is 5.55. The van der Waals surface area contributed by atoms with Crippen molar-refractivity contribution in [2.75, 3.05) is 20.3 Å². The van der Waals surface area contributed by atoms with E-state index in [9.17, 15) is 15.0 Å². The summed E-state index contributed by atoms with van der Waals surface area (Å²) in [6, 6.07) is 5.88. The Kier molecular flexibility index (Phi) is 6.78. The molecule has 0 aliphatic rings. The van der Waals surface area contributed by atoms with Crippen molar-refractivity contribution in [3.05, 3.63) is 29.3 Å². The molecule has 21 heavy (non-hydrogen) atoms. The van der Waals surface area contributed by atoms with E-state index < -0.39 is 5.91 Å². The molecular weight excluding hydrogens is 272 g/mol. The monoisotopic (exact) mass is 290 g/mol. The maximum Gasteiger partial charge on any atom is 0.261 e. The predicted molar refractivity (Wildman–Crippen MR) is 77.5 cm³/mol. The number of carbonyl (C=O) groups excluding carboxylic acids is 1. The summed E-state index contributed by atoms with van der Waals surface area (Å²) >= 11 is 0. The summed E-state index contributed by atoms with van der Waals surface area (Å²) in [5, 5.41) is 30.2. The van der Waals surface area contributed by atoms with E-state index in [0.717, 1.165) is 12.8 Å². The van der Waals surface area contributed by atoms with Gasteiger partial charge in [-0.05, 0) is 36.6 Å². The quantitative estimate of drug-likeness (QED) is 0.306. The van der Waals surface area contributed by atoms with Crippen molar-refractivity contribution >= 4 is 12.0 Å². The van der Waals surface area contributed by atoms with Gasteiger partial charge in [0.1, 0.15) is 11.6 Å². The molecule has 0 saturated carbocycles. The van der Waals surface area contributed by atoms with E-state index in [1.807, 2.05) is 6.07 Å². The largest absolute Gasteiger partial charge is 0.504 e. The van der Waals surface area contributed by atoms with Crippen molar-refractivity contribution in [3.63, 3.8) is 0 Å². The molecule has 0 atom stereocenters. The average Bonchev–Trinajstić information content (AvgIpc) is 2.48. The van der Waals surface area contributed by atoms with E-state index in [0.29, 0.717) is 18.7 Å². The molecule has 1 amide bonds. The molecule has 0 aliphatic carbocycles. The minimum atomic E-state index is -0.470. The molecule has 0 radical (unpaired) electrons. The number of hydrogen-bond donors (Lipinski definition) is 3. The number of amides is 1. The number of nitrogens with one attached hydrogen (secondary N) is 1. The number of hydrogen-bond acceptors (Lipinski definition) is 5. The highest BCUT2D eigenvalue weighted by Gasteiger charge is 2.09. The zero-order chi connectivity index (χ0) is 15.7. The van der Waals surface area contributed by atoms with Crippen LogP contribution in [-0.2, 0) is 9.53 Å². The minimum Gasteiger partial charge on any atom is -0.504 e. The lowest BCUT2D eigenvalue weighted by atomic mass is 10.1. The number of methoxy groups -OCH3 is 1. The molecule has 6 heteroatoms. The van der Waals surface area contributed by atoms with Gasteiger partial charge in [0.2, 0.25) is 0 Å². The number of phenolic OH excluding ortho intramolecular Hbond substituents is 2. The van der Waals surface area contributed by atoms with Crippen LogP contribution in [0.3, 0.4) is 0 Å². The van der Waals surface area contributed by atoms with Crippen LogP contribution in [0, 0.1) is 11.3 Å². The number of nitriles is 1. The van der Waals surface area contributed by atoms with Crippen LogP contribution in [0.4, 0.5) is 0 Å². The maximum absolute atomic E-state index is 11.8. The fourth-order valence-corrected chi connectivity index (χ4v) is 1.61. The fourth-order valence-electron chi connectivity index (χ4n) is 1.61. The van der Waals surface area contributed by atoms with Gasteiger partial charge in [0.15, 0.2) is 11.5 Å². The highest BCUT2D eigenvalue weighted by atomic mass is 16.5. The van der Waals surface area contributed by atoms with Crippen molar-refractivity contribution < 1.29 is 19.7 Å². The van der Waals surface area contributed by atoms with E-state index in [1.165, 1.54) is 24.3 Å². The normalized spacial score (nSPS) is 11.0. The molecular formula is C15H18N2O4. The van der Waals surface area contributed by atoms with Crippen molar-refractivity contribution in [3.8, 4) is 17.6 Å². The van der Waals surface area contributed by atoms with Gasteiger partial charge < -0.3 is 20.3 Å². The molecule has 1 aromatic carbocycles. The second-order valence-corrected chi connectivity index (χ2v) is 4.37. The van der Waals surface area contributed by atoms with Crippen LogP contribution in [0.1, 0.15) is 18.4 Å². The van der Waals surface area contributed by atoms with Gasteiger partial charge in [-0.15, -0.1) is 0 Å². The first-order valence-corrected chi connectivity index (χ1v) is 6.49. The molecule has 6 nitrogen and oxygen atoms in total. The van der Waals surface area contributed by atoms with Gasteiger partial charge in [0.05, 0.1) is 0 Å². The van der Waals surface area contributed by atoms with Crippen LogP contribution < -0.4 is 5.32 Å². The van der Waals surface area contributed by atoms with E-state index in [-0.39, 0.29) is 17.1 Å².